The smallest absolute Gasteiger partial charge is 0.0737 e. The first kappa shape index (κ1) is 28.9. The number of ether oxygens (including phenoxy) is 2. The van der Waals surface area contributed by atoms with Gasteiger partial charge < -0.3 is 9.47 Å². The Morgan fingerprint density at radius 3 is 1.37 bits per heavy atom. The lowest BCUT2D eigenvalue weighted by molar-refractivity contribution is -0.177. The van der Waals surface area contributed by atoms with E-state index in [2.05, 4.69) is 34.1 Å². The fourth-order valence-corrected chi connectivity index (χ4v) is 15.2. The first-order valence-corrected chi connectivity index (χ1v) is 20.8. The molecule has 250 valence electrons. The minimum absolute atomic E-state index is 0.532. The lowest BCUT2D eigenvalue weighted by atomic mass is 9.65. The quantitative estimate of drug-likeness (QED) is 0.329. The summed E-state index contributed by atoms with van der Waals surface area (Å²) in [6.07, 6.45) is 30.2. The minimum Gasteiger partial charge on any atom is -0.372 e. The third-order valence-corrected chi connectivity index (χ3v) is 16.6. The molecule has 0 bridgehead atoms. The fraction of sp³-hybridized carbons (Fsp3) is 0.857. The number of hydrogen-bond donors (Lipinski definition) is 0. The monoisotopic (exact) mass is 624 g/mol. The second-order valence-electron chi connectivity index (χ2n) is 18.3. The molecule has 0 amide bonds. The zero-order valence-corrected chi connectivity index (χ0v) is 28.4. The Morgan fingerprint density at radius 1 is 0.413 bits per heavy atom. The van der Waals surface area contributed by atoms with Gasteiger partial charge in [-0.2, -0.15) is 0 Å². The molecule has 1 aromatic carbocycles. The van der Waals surface area contributed by atoms with Gasteiger partial charge in [-0.15, -0.1) is 0 Å². The van der Waals surface area contributed by atoms with Crippen molar-refractivity contribution in [1.29, 1.82) is 0 Å². The Labute approximate surface area is 278 Å². The van der Waals surface area contributed by atoms with Crippen molar-refractivity contribution >= 4 is 0 Å². The van der Waals surface area contributed by atoms with Crippen LogP contribution in [0.5, 0.6) is 0 Å². The molecular weight excluding hydrogens is 564 g/mol. The topological polar surface area (TPSA) is 24.9 Å². The zero-order valence-electron chi connectivity index (χ0n) is 28.4. The average molecular weight is 625 g/mol. The fourth-order valence-electron chi connectivity index (χ4n) is 15.2. The summed E-state index contributed by atoms with van der Waals surface area (Å²) in [5, 5.41) is 0. The van der Waals surface area contributed by atoms with Gasteiger partial charge >= 0.3 is 0 Å². The molecule has 0 N–H and O–H groups in total. The highest BCUT2D eigenvalue weighted by Gasteiger charge is 2.62. The summed E-state index contributed by atoms with van der Waals surface area (Å²) in [5.41, 5.74) is 3.56. The van der Waals surface area contributed by atoms with Crippen LogP contribution in [0, 0.1) is 23.7 Å². The molecule has 1 aromatic rings. The van der Waals surface area contributed by atoms with Gasteiger partial charge in [0, 0.05) is 36.3 Å². The Hall–Kier alpha value is -0.940. The van der Waals surface area contributed by atoms with Gasteiger partial charge in [0.25, 0.3) is 0 Å². The Morgan fingerprint density at radius 2 is 0.870 bits per heavy atom. The van der Waals surface area contributed by atoms with Gasteiger partial charge in [0.2, 0.25) is 0 Å². The molecule has 10 fully saturated rings. The van der Waals surface area contributed by atoms with Crippen molar-refractivity contribution < 1.29 is 9.47 Å². The van der Waals surface area contributed by atoms with E-state index in [1.54, 1.807) is 11.1 Å². The van der Waals surface area contributed by atoms with Crippen LogP contribution in [0.3, 0.4) is 0 Å². The van der Waals surface area contributed by atoms with Gasteiger partial charge in [-0.25, -0.2) is 0 Å². The molecule has 46 heavy (non-hydrogen) atoms. The van der Waals surface area contributed by atoms with Crippen molar-refractivity contribution in [2.24, 2.45) is 23.7 Å². The molecule has 6 saturated carbocycles. The molecule has 0 aromatic heterocycles. The zero-order chi connectivity index (χ0) is 29.9. The van der Waals surface area contributed by atoms with Crippen LogP contribution >= 0.6 is 0 Å². The van der Waals surface area contributed by atoms with Crippen molar-refractivity contribution in [1.82, 2.24) is 9.80 Å². The molecule has 4 saturated heterocycles. The Bertz CT molecular complexity index is 1200. The second kappa shape index (κ2) is 11.3. The summed E-state index contributed by atoms with van der Waals surface area (Å²) < 4.78 is 13.9. The highest BCUT2D eigenvalue weighted by molar-refractivity contribution is 5.35. The summed E-state index contributed by atoms with van der Waals surface area (Å²) in [6, 6.07) is 14.6. The highest BCUT2D eigenvalue weighted by Crippen LogP contribution is 2.59. The Kier molecular flexibility index (Phi) is 7.08. The van der Waals surface area contributed by atoms with E-state index in [0.717, 1.165) is 71.8 Å². The maximum atomic E-state index is 6.97. The molecule has 0 radical (unpaired) electrons. The molecule has 10 aliphatic rings. The van der Waals surface area contributed by atoms with E-state index in [9.17, 15) is 0 Å². The van der Waals surface area contributed by atoms with E-state index >= 15 is 0 Å². The average Bonchev–Trinajstić information content (AvgIpc) is 3.63. The molecule has 4 heteroatoms. The third-order valence-electron chi connectivity index (χ3n) is 16.6. The normalized spacial score (nSPS) is 52.9. The molecule has 4 aliphatic heterocycles. The number of fused-ring (bicyclic) bond motifs is 10. The summed E-state index contributed by atoms with van der Waals surface area (Å²) >= 11 is 0. The van der Waals surface area contributed by atoms with Gasteiger partial charge in [0.1, 0.15) is 0 Å². The van der Waals surface area contributed by atoms with Crippen molar-refractivity contribution in [3.63, 3.8) is 0 Å². The molecule has 0 spiro atoms. The van der Waals surface area contributed by atoms with E-state index in [1.165, 1.54) is 128 Å². The van der Waals surface area contributed by atoms with E-state index in [0.29, 0.717) is 24.4 Å². The molecule has 4 nitrogen and oxygen atoms in total. The predicted molar refractivity (Wildman–Crippen MR) is 182 cm³/mol. The van der Waals surface area contributed by atoms with E-state index in [1.807, 2.05) is 0 Å². The number of morpholine rings is 2. The second-order valence-corrected chi connectivity index (χ2v) is 18.3. The molecular formula is C42H60N2O2. The highest BCUT2D eigenvalue weighted by atomic mass is 16.5. The van der Waals surface area contributed by atoms with Crippen LogP contribution in [-0.2, 0) is 9.47 Å². The van der Waals surface area contributed by atoms with Gasteiger partial charge in [0.15, 0.2) is 0 Å². The maximum absolute atomic E-state index is 6.97. The first-order chi connectivity index (χ1) is 22.8. The van der Waals surface area contributed by atoms with E-state index < -0.39 is 0 Å². The van der Waals surface area contributed by atoms with Gasteiger partial charge in [0.05, 0.1) is 24.4 Å². The van der Waals surface area contributed by atoms with Crippen LogP contribution < -0.4 is 0 Å². The standard InChI is InChI=1S/C42H60N2O2/c1-2-10-28(26-20-22-34-32(24-26)30-12-8-18-40-42(30)44(34)36-14-4-6-16-38(36)46-40)27(9-1)25-19-21-33-31(23-25)29-11-7-17-39-41(29)43(33)35-13-3-5-15-37(35)45-39/h1-2,9-10,25-26,29-42H,3-8,11-24H2. The van der Waals surface area contributed by atoms with Crippen LogP contribution in [0.4, 0.5) is 0 Å². The summed E-state index contributed by atoms with van der Waals surface area (Å²) in [6.45, 7) is 0. The number of benzene rings is 1. The number of rotatable bonds is 2. The number of nitrogens with zero attached hydrogens (tertiary/aromatic N) is 2. The van der Waals surface area contributed by atoms with Gasteiger partial charge in [-0.3, -0.25) is 9.80 Å². The lowest BCUT2D eigenvalue weighted by Crippen LogP contribution is -2.63. The summed E-state index contributed by atoms with van der Waals surface area (Å²) in [4.78, 5) is 6.31. The van der Waals surface area contributed by atoms with Crippen LogP contribution in [0.15, 0.2) is 24.3 Å². The van der Waals surface area contributed by atoms with Crippen LogP contribution in [0.1, 0.15) is 151 Å². The van der Waals surface area contributed by atoms with Crippen LogP contribution in [0.25, 0.3) is 0 Å². The van der Waals surface area contributed by atoms with Crippen molar-refractivity contribution in [2.45, 2.75) is 201 Å². The van der Waals surface area contributed by atoms with Crippen LogP contribution in [-0.4, -0.2) is 70.5 Å². The maximum Gasteiger partial charge on any atom is 0.0737 e. The van der Waals surface area contributed by atoms with Crippen molar-refractivity contribution in [2.75, 3.05) is 0 Å². The Balaban J connectivity index is 0.861. The molecule has 16 atom stereocenters. The third kappa shape index (κ3) is 4.24. The SMILES string of the molecule is c1ccc(C2CCC3C(C2)C2CCCC4OC5CCCCC5N3C42)c(C2CCC3C(C2)C2CCCC4OC5CCCCC5N3C42)c1. The molecule has 4 heterocycles. The van der Waals surface area contributed by atoms with Crippen LogP contribution in [0.2, 0.25) is 0 Å². The lowest BCUT2D eigenvalue weighted by Gasteiger charge is -2.53. The molecule has 16 unspecified atom stereocenters. The van der Waals surface area contributed by atoms with Gasteiger partial charge in [-0.1, -0.05) is 62.8 Å². The summed E-state index contributed by atoms with van der Waals surface area (Å²) in [5.74, 6) is 5.10. The van der Waals surface area contributed by atoms with Crippen molar-refractivity contribution in [3.05, 3.63) is 35.4 Å². The molecule has 6 aliphatic carbocycles. The van der Waals surface area contributed by atoms with E-state index in [-0.39, 0.29) is 0 Å². The largest absolute Gasteiger partial charge is 0.372 e. The van der Waals surface area contributed by atoms with E-state index in [4.69, 9.17) is 9.47 Å². The predicted octanol–water partition coefficient (Wildman–Crippen LogP) is 8.58. The minimum atomic E-state index is 0.532. The van der Waals surface area contributed by atoms with Crippen molar-refractivity contribution in [3.8, 4) is 0 Å². The summed E-state index contributed by atoms with van der Waals surface area (Å²) in [7, 11) is 0. The molecule has 11 rings (SSSR count). The number of hydrogen-bond acceptors (Lipinski definition) is 4. The first-order valence-electron chi connectivity index (χ1n) is 20.8. The van der Waals surface area contributed by atoms with Gasteiger partial charge in [-0.05, 0) is 137 Å².